The molecule has 0 aromatic carbocycles. The molecule has 2 heterocycles. The highest BCUT2D eigenvalue weighted by molar-refractivity contribution is 7.13. The van der Waals surface area contributed by atoms with Crippen molar-refractivity contribution in [1.29, 1.82) is 0 Å². The number of nitrogens with two attached hydrogens (primary N) is 1. The van der Waals surface area contributed by atoms with Gasteiger partial charge in [0.25, 0.3) is 0 Å². The number of hydrogen-bond donors (Lipinski definition) is 2. The minimum absolute atomic E-state index is 0.0202. The van der Waals surface area contributed by atoms with Gasteiger partial charge in [-0.1, -0.05) is 0 Å². The first-order valence-electron chi connectivity index (χ1n) is 3.93. The molecule has 0 saturated heterocycles. The Labute approximate surface area is 88.4 Å². The molecular formula is C8H6N4O2S. The van der Waals surface area contributed by atoms with Crippen LogP contribution in [0.3, 0.4) is 0 Å². The van der Waals surface area contributed by atoms with Crippen molar-refractivity contribution in [3.05, 3.63) is 23.5 Å². The van der Waals surface area contributed by atoms with Crippen LogP contribution in [0.25, 0.3) is 10.6 Å². The normalized spacial score (nSPS) is 10.1. The van der Waals surface area contributed by atoms with Crippen LogP contribution in [-0.4, -0.2) is 26.0 Å². The van der Waals surface area contributed by atoms with Crippen LogP contribution >= 0.6 is 11.3 Å². The molecule has 2 aromatic heterocycles. The highest BCUT2D eigenvalue weighted by Gasteiger charge is 2.10. The molecular weight excluding hydrogens is 216 g/mol. The molecule has 0 saturated carbocycles. The largest absolute Gasteiger partial charge is 0.476 e. The van der Waals surface area contributed by atoms with Gasteiger partial charge >= 0.3 is 5.97 Å². The van der Waals surface area contributed by atoms with Crippen molar-refractivity contribution in [1.82, 2.24) is 15.0 Å². The number of carbonyl (C=O) groups is 1. The first-order chi connectivity index (χ1) is 7.16. The molecule has 0 bridgehead atoms. The maximum Gasteiger partial charge on any atom is 0.355 e. The Morgan fingerprint density at radius 2 is 2.07 bits per heavy atom. The monoisotopic (exact) mass is 222 g/mol. The molecule has 76 valence electrons. The molecule has 6 nitrogen and oxygen atoms in total. The molecule has 0 radical (unpaired) electrons. The maximum absolute atomic E-state index is 10.6. The van der Waals surface area contributed by atoms with Crippen molar-refractivity contribution < 1.29 is 9.90 Å². The van der Waals surface area contributed by atoms with E-state index in [2.05, 4.69) is 15.0 Å². The first kappa shape index (κ1) is 9.53. The standard InChI is InChI=1S/C8H6N4O2S/c9-8-10-1-4(2-11-8)6-12-5(3-15-6)7(13)14/h1-3H,(H,13,14)(H2,9,10,11). The van der Waals surface area contributed by atoms with E-state index in [1.54, 1.807) is 0 Å². The van der Waals surface area contributed by atoms with E-state index in [0.717, 1.165) is 0 Å². The Morgan fingerprint density at radius 1 is 1.40 bits per heavy atom. The molecule has 0 fully saturated rings. The van der Waals surface area contributed by atoms with Crippen LogP contribution in [0.1, 0.15) is 10.5 Å². The number of carboxylic acid groups (broad SMARTS) is 1. The molecule has 2 aromatic rings. The van der Waals surface area contributed by atoms with E-state index in [4.69, 9.17) is 10.8 Å². The summed E-state index contributed by atoms with van der Waals surface area (Å²) < 4.78 is 0. The Balaban J connectivity index is 2.37. The molecule has 0 spiro atoms. The number of anilines is 1. The van der Waals surface area contributed by atoms with E-state index >= 15 is 0 Å². The number of aromatic carboxylic acids is 1. The highest BCUT2D eigenvalue weighted by atomic mass is 32.1. The average molecular weight is 222 g/mol. The zero-order chi connectivity index (χ0) is 10.8. The predicted octanol–water partition coefficient (Wildman–Crippen LogP) is 0.881. The molecule has 0 unspecified atom stereocenters. The summed E-state index contributed by atoms with van der Waals surface area (Å²) in [6.45, 7) is 0. The van der Waals surface area contributed by atoms with E-state index < -0.39 is 5.97 Å². The lowest BCUT2D eigenvalue weighted by Gasteiger charge is -1.94. The van der Waals surface area contributed by atoms with Crippen LogP contribution in [0, 0.1) is 0 Å². The molecule has 0 aliphatic heterocycles. The fourth-order valence-corrected chi connectivity index (χ4v) is 1.72. The SMILES string of the molecule is Nc1ncc(-c2nc(C(=O)O)cs2)cn1. The van der Waals surface area contributed by atoms with Gasteiger partial charge in [-0.15, -0.1) is 11.3 Å². The van der Waals surface area contributed by atoms with Crippen LogP contribution < -0.4 is 5.73 Å². The number of aromatic nitrogens is 3. The lowest BCUT2D eigenvalue weighted by atomic mass is 10.3. The summed E-state index contributed by atoms with van der Waals surface area (Å²) in [4.78, 5) is 22.1. The van der Waals surface area contributed by atoms with Gasteiger partial charge in [-0.2, -0.15) is 0 Å². The van der Waals surface area contributed by atoms with Gasteiger partial charge in [-0.25, -0.2) is 19.7 Å². The number of rotatable bonds is 2. The van der Waals surface area contributed by atoms with Crippen LogP contribution in [0.4, 0.5) is 5.95 Å². The second-order valence-electron chi connectivity index (χ2n) is 2.67. The second-order valence-corrected chi connectivity index (χ2v) is 3.53. The quantitative estimate of drug-likeness (QED) is 0.782. The molecule has 0 atom stereocenters. The minimum atomic E-state index is -1.05. The summed E-state index contributed by atoms with van der Waals surface area (Å²) in [6, 6.07) is 0. The van der Waals surface area contributed by atoms with Gasteiger partial charge in [0.15, 0.2) is 5.69 Å². The Morgan fingerprint density at radius 3 is 2.60 bits per heavy atom. The zero-order valence-electron chi connectivity index (χ0n) is 7.41. The molecule has 15 heavy (non-hydrogen) atoms. The zero-order valence-corrected chi connectivity index (χ0v) is 8.23. The summed E-state index contributed by atoms with van der Waals surface area (Å²) in [5.74, 6) is -0.873. The first-order valence-corrected chi connectivity index (χ1v) is 4.81. The van der Waals surface area contributed by atoms with Crippen molar-refractivity contribution >= 4 is 23.3 Å². The molecule has 2 rings (SSSR count). The van der Waals surface area contributed by atoms with Gasteiger partial charge in [-0.05, 0) is 0 Å². The lowest BCUT2D eigenvalue weighted by Crippen LogP contribution is -1.96. The van der Waals surface area contributed by atoms with Crippen molar-refractivity contribution in [2.24, 2.45) is 0 Å². The summed E-state index contributed by atoms with van der Waals surface area (Å²) in [5.41, 5.74) is 6.00. The Kier molecular flexibility index (Phi) is 2.30. The average Bonchev–Trinajstić information content (AvgIpc) is 2.68. The molecule has 0 aliphatic rings. The number of carboxylic acids is 1. The van der Waals surface area contributed by atoms with Gasteiger partial charge in [0.05, 0.1) is 0 Å². The number of nitrogens with zero attached hydrogens (tertiary/aromatic N) is 3. The molecule has 3 N–H and O–H groups in total. The topological polar surface area (TPSA) is 102 Å². The number of nitrogen functional groups attached to an aromatic ring is 1. The molecule has 0 aliphatic carbocycles. The highest BCUT2D eigenvalue weighted by Crippen LogP contribution is 2.22. The minimum Gasteiger partial charge on any atom is -0.476 e. The van der Waals surface area contributed by atoms with Gasteiger partial charge < -0.3 is 10.8 Å². The fraction of sp³-hybridized carbons (Fsp3) is 0. The van der Waals surface area contributed by atoms with E-state index in [9.17, 15) is 4.79 Å². The summed E-state index contributed by atoms with van der Waals surface area (Å²) in [6.07, 6.45) is 3.01. The van der Waals surface area contributed by atoms with E-state index in [1.165, 1.54) is 29.1 Å². The summed E-state index contributed by atoms with van der Waals surface area (Å²) >= 11 is 1.22. The van der Waals surface area contributed by atoms with Gasteiger partial charge in [0.1, 0.15) is 5.01 Å². The predicted molar refractivity (Wildman–Crippen MR) is 54.5 cm³/mol. The van der Waals surface area contributed by atoms with Crippen LogP contribution in [0.2, 0.25) is 0 Å². The van der Waals surface area contributed by atoms with Gasteiger partial charge in [0, 0.05) is 23.3 Å². The Hall–Kier alpha value is -2.02. The molecule has 7 heteroatoms. The van der Waals surface area contributed by atoms with E-state index in [-0.39, 0.29) is 11.6 Å². The molecule has 0 amide bonds. The summed E-state index contributed by atoms with van der Waals surface area (Å²) in [5, 5.41) is 10.7. The third kappa shape index (κ3) is 1.91. The van der Waals surface area contributed by atoms with Crippen LogP contribution in [0.15, 0.2) is 17.8 Å². The van der Waals surface area contributed by atoms with E-state index in [0.29, 0.717) is 10.6 Å². The number of thiazole rings is 1. The van der Waals surface area contributed by atoms with Crippen molar-refractivity contribution in [3.63, 3.8) is 0 Å². The summed E-state index contributed by atoms with van der Waals surface area (Å²) in [7, 11) is 0. The Bertz CT molecular complexity index is 494. The number of hydrogen-bond acceptors (Lipinski definition) is 6. The van der Waals surface area contributed by atoms with Crippen molar-refractivity contribution in [2.45, 2.75) is 0 Å². The third-order valence-corrected chi connectivity index (χ3v) is 2.53. The van der Waals surface area contributed by atoms with Crippen molar-refractivity contribution in [3.8, 4) is 10.6 Å². The van der Waals surface area contributed by atoms with Crippen molar-refractivity contribution in [2.75, 3.05) is 5.73 Å². The second kappa shape index (κ2) is 3.62. The maximum atomic E-state index is 10.6. The fourth-order valence-electron chi connectivity index (χ4n) is 0.953. The van der Waals surface area contributed by atoms with Crippen LogP contribution in [0.5, 0.6) is 0 Å². The van der Waals surface area contributed by atoms with E-state index in [1.807, 2.05) is 0 Å². The van der Waals surface area contributed by atoms with Gasteiger partial charge in [0.2, 0.25) is 5.95 Å². The van der Waals surface area contributed by atoms with Crippen LogP contribution in [-0.2, 0) is 0 Å². The smallest absolute Gasteiger partial charge is 0.355 e. The third-order valence-electron chi connectivity index (χ3n) is 1.64. The van der Waals surface area contributed by atoms with Gasteiger partial charge in [-0.3, -0.25) is 0 Å². The lowest BCUT2D eigenvalue weighted by molar-refractivity contribution is 0.0691.